The molecule has 74 valence electrons. The molecule has 2 heteroatoms. The van der Waals surface area contributed by atoms with Crippen molar-refractivity contribution in [3.63, 3.8) is 0 Å². The van der Waals surface area contributed by atoms with Gasteiger partial charge in [-0.3, -0.25) is 0 Å². The Morgan fingerprint density at radius 1 is 1.42 bits per heavy atom. The van der Waals surface area contributed by atoms with Crippen LogP contribution in [0.15, 0.2) is 0 Å². The van der Waals surface area contributed by atoms with Crippen LogP contribution >= 0.6 is 18.6 Å². The van der Waals surface area contributed by atoms with Crippen molar-refractivity contribution in [1.82, 2.24) is 0 Å². The third-order valence-electron chi connectivity index (χ3n) is 2.77. The van der Waals surface area contributed by atoms with Crippen LogP contribution in [0.25, 0.3) is 0 Å². The summed E-state index contributed by atoms with van der Waals surface area (Å²) in [5.41, 5.74) is 1.57. The zero-order valence-electron chi connectivity index (χ0n) is 8.73. The Balaban J connectivity index is 2.34. The lowest BCUT2D eigenvalue weighted by Crippen LogP contribution is -2.10. The van der Waals surface area contributed by atoms with Crippen LogP contribution < -0.4 is 0 Å². The van der Waals surface area contributed by atoms with E-state index in [0.717, 1.165) is 0 Å². The van der Waals surface area contributed by atoms with Crippen molar-refractivity contribution in [2.75, 3.05) is 24.2 Å². The fraction of sp³-hybridized carbons (Fsp3) is 1.00. The summed E-state index contributed by atoms with van der Waals surface area (Å²) in [4.78, 5) is 0. The first kappa shape index (κ1) is 10.9. The topological polar surface area (TPSA) is 0 Å². The molecule has 0 aromatic carbocycles. The molecule has 1 aliphatic carbocycles. The molecule has 0 amide bonds. The minimum atomic E-state index is -0.144. The Hall–Kier alpha value is 0.780. The lowest BCUT2D eigenvalue weighted by molar-refractivity contribution is 0.890. The molecule has 2 unspecified atom stereocenters. The van der Waals surface area contributed by atoms with Gasteiger partial charge in [-0.1, -0.05) is 13.3 Å². The summed E-state index contributed by atoms with van der Waals surface area (Å²) < 4.78 is 0. The molecule has 2 atom stereocenters. The summed E-state index contributed by atoms with van der Waals surface area (Å²) in [6, 6.07) is 0. The normalized spacial score (nSPS) is 25.9. The second kappa shape index (κ2) is 4.86. The fourth-order valence-electron chi connectivity index (χ4n) is 1.80. The van der Waals surface area contributed by atoms with Gasteiger partial charge >= 0.3 is 0 Å². The summed E-state index contributed by atoms with van der Waals surface area (Å²) in [6.07, 6.45) is 8.59. The molecule has 1 aliphatic rings. The summed E-state index contributed by atoms with van der Waals surface area (Å²) in [6.45, 7) is 4.70. The molecular weight excluding hydrogens is 183 g/mol. The first-order valence-electron chi connectivity index (χ1n) is 5.10. The Morgan fingerprint density at radius 3 is 2.50 bits per heavy atom. The van der Waals surface area contributed by atoms with Crippen molar-refractivity contribution in [1.29, 1.82) is 0 Å². The number of unbranched alkanes of at least 4 members (excludes halogenated alkanes) is 1. The molecule has 0 spiro atoms. The molecule has 1 saturated carbocycles. The molecule has 0 heterocycles. The van der Waals surface area contributed by atoms with Crippen LogP contribution in [0.2, 0.25) is 0 Å². The number of hydrogen-bond acceptors (Lipinski definition) is 0. The maximum Gasteiger partial charge on any atom is -0.00534 e. The standard InChI is InChI=1S/C10H23PS/c1-4-5-8-12(3,9-11-2)10-6-7-10/h10-11H,4-9H2,1-3H3. The quantitative estimate of drug-likeness (QED) is 0.582. The highest BCUT2D eigenvalue weighted by molar-refractivity contribution is 8.36. The van der Waals surface area contributed by atoms with Gasteiger partial charge in [0, 0.05) is 0 Å². The van der Waals surface area contributed by atoms with E-state index in [1.807, 2.05) is 0 Å². The maximum atomic E-state index is 2.61. The van der Waals surface area contributed by atoms with Crippen LogP contribution in [-0.2, 0) is 0 Å². The van der Waals surface area contributed by atoms with Gasteiger partial charge in [0.2, 0.25) is 0 Å². The third kappa shape index (κ3) is 2.92. The molecule has 0 aromatic heterocycles. The number of rotatable bonds is 6. The minimum absolute atomic E-state index is 0.144. The molecule has 0 nitrogen and oxygen atoms in total. The first-order chi connectivity index (χ1) is 5.73. The van der Waals surface area contributed by atoms with Crippen LogP contribution in [-0.4, -0.2) is 29.4 Å². The van der Waals surface area contributed by atoms with E-state index in [4.69, 9.17) is 0 Å². The average Bonchev–Trinajstić information content (AvgIpc) is 2.84. The summed E-state index contributed by atoms with van der Waals surface area (Å²) in [5.74, 6) is 1.56. The second-order valence-corrected chi connectivity index (χ2v) is 9.74. The SMILES string of the molecule is CCCCS(C)(CPC)C1CC1. The minimum Gasteiger partial charge on any atom is -0.237 e. The molecule has 1 fully saturated rings. The van der Waals surface area contributed by atoms with E-state index in [9.17, 15) is 0 Å². The first-order valence-corrected chi connectivity index (χ1v) is 9.25. The zero-order valence-corrected chi connectivity index (χ0v) is 10.5. The molecule has 0 bridgehead atoms. The molecule has 0 N–H and O–H groups in total. The van der Waals surface area contributed by atoms with Crippen LogP contribution in [0.4, 0.5) is 0 Å². The van der Waals surface area contributed by atoms with E-state index < -0.39 is 0 Å². The predicted molar refractivity (Wildman–Crippen MR) is 65.4 cm³/mol. The third-order valence-corrected chi connectivity index (χ3v) is 9.86. The lowest BCUT2D eigenvalue weighted by atomic mass is 10.4. The van der Waals surface area contributed by atoms with Gasteiger partial charge in [-0.2, -0.15) is 0 Å². The predicted octanol–water partition coefficient (Wildman–Crippen LogP) is 3.65. The van der Waals surface area contributed by atoms with Crippen LogP contribution in [0.3, 0.4) is 0 Å². The van der Waals surface area contributed by atoms with Crippen LogP contribution in [0.5, 0.6) is 0 Å². The van der Waals surface area contributed by atoms with Gasteiger partial charge in [0.1, 0.15) is 0 Å². The van der Waals surface area contributed by atoms with E-state index in [1.165, 1.54) is 26.7 Å². The highest BCUT2D eigenvalue weighted by Crippen LogP contribution is 2.61. The Morgan fingerprint density at radius 2 is 2.08 bits per heavy atom. The van der Waals surface area contributed by atoms with Gasteiger partial charge < -0.3 is 0 Å². The Bertz CT molecular complexity index is 134. The van der Waals surface area contributed by atoms with E-state index in [-0.39, 0.29) is 10.0 Å². The number of hydrogen-bond donors (Lipinski definition) is 0. The second-order valence-electron chi connectivity index (χ2n) is 4.11. The fourth-order valence-corrected chi connectivity index (χ4v) is 8.51. The largest absolute Gasteiger partial charge is 0.237 e. The van der Waals surface area contributed by atoms with Crippen molar-refractivity contribution < 1.29 is 0 Å². The average molecular weight is 206 g/mol. The van der Waals surface area contributed by atoms with Crippen molar-refractivity contribution >= 4 is 18.6 Å². The highest BCUT2D eigenvalue weighted by Gasteiger charge is 2.35. The molecule has 0 aromatic rings. The van der Waals surface area contributed by atoms with E-state index in [0.29, 0.717) is 0 Å². The Kier molecular flexibility index (Phi) is 4.40. The van der Waals surface area contributed by atoms with Crippen LogP contribution in [0.1, 0.15) is 32.6 Å². The summed E-state index contributed by atoms with van der Waals surface area (Å²) >= 11 is 0. The van der Waals surface area contributed by atoms with Gasteiger partial charge in [0.25, 0.3) is 0 Å². The molecule has 0 saturated heterocycles. The van der Waals surface area contributed by atoms with E-state index in [2.05, 4.69) is 19.8 Å². The molecule has 0 aliphatic heterocycles. The van der Waals surface area contributed by atoms with Gasteiger partial charge in [-0.15, -0.1) is 8.58 Å². The summed E-state index contributed by atoms with van der Waals surface area (Å²) in [5, 5.41) is 1.18. The van der Waals surface area contributed by atoms with Gasteiger partial charge in [0.15, 0.2) is 0 Å². The van der Waals surface area contributed by atoms with Crippen molar-refractivity contribution in [3.05, 3.63) is 0 Å². The van der Waals surface area contributed by atoms with E-state index >= 15 is 0 Å². The highest BCUT2D eigenvalue weighted by atomic mass is 32.3. The molecule has 1 rings (SSSR count). The van der Waals surface area contributed by atoms with Gasteiger partial charge in [-0.05, 0) is 48.7 Å². The molecule has 0 radical (unpaired) electrons. The van der Waals surface area contributed by atoms with E-state index in [1.54, 1.807) is 24.1 Å². The maximum absolute atomic E-state index is 2.61. The van der Waals surface area contributed by atoms with Crippen molar-refractivity contribution in [3.8, 4) is 0 Å². The van der Waals surface area contributed by atoms with Crippen molar-refractivity contribution in [2.24, 2.45) is 0 Å². The molecular formula is C10H23PS. The van der Waals surface area contributed by atoms with Gasteiger partial charge in [0.05, 0.1) is 0 Å². The Labute approximate surface area is 81.0 Å². The smallest absolute Gasteiger partial charge is 0.00534 e. The van der Waals surface area contributed by atoms with Gasteiger partial charge in [-0.25, -0.2) is 10.0 Å². The monoisotopic (exact) mass is 206 g/mol. The van der Waals surface area contributed by atoms with Crippen molar-refractivity contribution in [2.45, 2.75) is 37.9 Å². The lowest BCUT2D eigenvalue weighted by Gasteiger charge is -2.36. The van der Waals surface area contributed by atoms with Crippen LogP contribution in [0, 0.1) is 0 Å². The molecule has 12 heavy (non-hydrogen) atoms. The zero-order chi connectivity index (χ0) is 9.03. The summed E-state index contributed by atoms with van der Waals surface area (Å²) in [7, 11) is 1.05.